The Morgan fingerprint density at radius 1 is 0.974 bits per heavy atom. The van der Waals surface area contributed by atoms with E-state index in [2.05, 4.69) is 65.1 Å². The zero-order valence-electron chi connectivity index (χ0n) is 24.2. The molecule has 2 heterocycles. The topological polar surface area (TPSA) is 72.9 Å². The van der Waals surface area contributed by atoms with Crippen LogP contribution in [0.1, 0.15) is 73.2 Å². The van der Waals surface area contributed by atoms with Gasteiger partial charge < -0.3 is 14.0 Å². The molecule has 0 N–H and O–H groups in total. The summed E-state index contributed by atoms with van der Waals surface area (Å²) in [5, 5.41) is -0.0341. The smallest absolute Gasteiger partial charge is 0.261 e. The molecule has 0 aromatic heterocycles. The van der Waals surface area contributed by atoms with Crippen LogP contribution in [0.2, 0.25) is 18.1 Å². The van der Waals surface area contributed by atoms with E-state index in [1.165, 1.54) is 10.5 Å². The molecule has 5 atom stereocenters. The molecule has 2 aliphatic rings. The van der Waals surface area contributed by atoms with Gasteiger partial charge in [-0.1, -0.05) is 70.2 Å². The standard InChI is InChI=1S/C32H43NO5Si/c1-22-25(17-16-23-12-8-7-9-13-23)28(18-19-34)37-29(22)20-24(38-39(5,6)32(2,3)4)21-33-30(35)26-14-10-11-15-27(26)31(33)36/h7-15,19,22,24-25,28-29H,16-18,20-21H2,1-6H3/t22-,24?,25?,28+,29-/m1/s1. The molecule has 2 aliphatic heterocycles. The van der Waals surface area contributed by atoms with Crippen LogP contribution < -0.4 is 0 Å². The van der Waals surface area contributed by atoms with Crippen LogP contribution in [0.5, 0.6) is 0 Å². The van der Waals surface area contributed by atoms with Crippen molar-refractivity contribution in [2.75, 3.05) is 6.54 Å². The van der Waals surface area contributed by atoms with Gasteiger partial charge in [-0.25, -0.2) is 0 Å². The van der Waals surface area contributed by atoms with E-state index in [9.17, 15) is 14.4 Å². The van der Waals surface area contributed by atoms with Gasteiger partial charge in [0.15, 0.2) is 8.32 Å². The molecule has 0 bridgehead atoms. The van der Waals surface area contributed by atoms with Gasteiger partial charge in [0.05, 0.1) is 36.0 Å². The highest BCUT2D eigenvalue weighted by atomic mass is 28.4. The number of aldehydes is 1. The number of nitrogens with zero attached hydrogens (tertiary/aromatic N) is 1. The Morgan fingerprint density at radius 2 is 1.56 bits per heavy atom. The molecule has 0 spiro atoms. The van der Waals surface area contributed by atoms with Gasteiger partial charge in [-0.05, 0) is 60.5 Å². The third-order valence-electron chi connectivity index (χ3n) is 9.05. The summed E-state index contributed by atoms with van der Waals surface area (Å²) in [5.74, 6) is -0.0710. The van der Waals surface area contributed by atoms with E-state index in [-0.39, 0.29) is 53.5 Å². The second kappa shape index (κ2) is 11.9. The molecule has 210 valence electrons. The number of ether oxygens (including phenoxy) is 1. The maximum absolute atomic E-state index is 13.2. The molecular weight excluding hydrogens is 506 g/mol. The Morgan fingerprint density at radius 3 is 2.13 bits per heavy atom. The van der Waals surface area contributed by atoms with Gasteiger partial charge in [-0.15, -0.1) is 0 Å². The summed E-state index contributed by atoms with van der Waals surface area (Å²) in [5.41, 5.74) is 2.18. The van der Waals surface area contributed by atoms with Gasteiger partial charge in [0.25, 0.3) is 11.8 Å². The van der Waals surface area contributed by atoms with E-state index < -0.39 is 8.32 Å². The van der Waals surface area contributed by atoms with Crippen LogP contribution in [0.4, 0.5) is 0 Å². The molecule has 1 fully saturated rings. The van der Waals surface area contributed by atoms with Gasteiger partial charge in [0, 0.05) is 12.8 Å². The van der Waals surface area contributed by atoms with Crippen LogP contribution in [0.3, 0.4) is 0 Å². The predicted octanol–water partition coefficient (Wildman–Crippen LogP) is 6.30. The summed E-state index contributed by atoms with van der Waals surface area (Å²) in [7, 11) is -2.23. The number of rotatable bonds is 11. The van der Waals surface area contributed by atoms with Crippen molar-refractivity contribution in [3.63, 3.8) is 0 Å². The molecule has 2 aromatic carbocycles. The summed E-state index contributed by atoms with van der Waals surface area (Å²) >= 11 is 0. The van der Waals surface area contributed by atoms with Crippen LogP contribution in [0, 0.1) is 11.8 Å². The molecule has 0 aliphatic carbocycles. The Labute approximate surface area is 234 Å². The maximum Gasteiger partial charge on any atom is 0.261 e. The van der Waals surface area contributed by atoms with Gasteiger partial charge in [0.2, 0.25) is 0 Å². The van der Waals surface area contributed by atoms with Crippen LogP contribution in [-0.4, -0.2) is 56.2 Å². The largest absolute Gasteiger partial charge is 0.412 e. The SMILES string of the molecule is C[C@@H]1C(CCc2ccccc2)[C@H](CC=O)O[C@@H]1CC(CN1C(=O)c2ccccc2C1=O)O[Si](C)(C)C(C)(C)C. The summed E-state index contributed by atoms with van der Waals surface area (Å²) in [6.45, 7) is 13.3. The number of aryl methyl sites for hydroxylation is 1. The van der Waals surface area contributed by atoms with Gasteiger partial charge in [0.1, 0.15) is 6.29 Å². The normalized spacial score (nSPS) is 24.2. The summed E-state index contributed by atoms with van der Waals surface area (Å²) in [4.78, 5) is 39.3. The Hall–Kier alpha value is -2.61. The first-order valence-corrected chi connectivity index (χ1v) is 17.1. The molecule has 7 heteroatoms. The van der Waals surface area contributed by atoms with E-state index in [0.717, 1.165) is 19.1 Å². The average Bonchev–Trinajstić information content (AvgIpc) is 3.30. The van der Waals surface area contributed by atoms with Crippen LogP contribution in [0.25, 0.3) is 0 Å². The Balaban J connectivity index is 1.54. The van der Waals surface area contributed by atoms with Crippen LogP contribution >= 0.6 is 0 Å². The molecule has 4 rings (SSSR count). The van der Waals surface area contributed by atoms with Crippen molar-refractivity contribution < 1.29 is 23.5 Å². The predicted molar refractivity (Wildman–Crippen MR) is 155 cm³/mol. The first kappa shape index (κ1) is 29.4. The van der Waals surface area contributed by atoms with E-state index in [1.807, 2.05) is 6.07 Å². The van der Waals surface area contributed by atoms with Gasteiger partial charge in [-0.2, -0.15) is 0 Å². The lowest BCUT2D eigenvalue weighted by atomic mass is 9.82. The summed E-state index contributed by atoms with van der Waals surface area (Å²) < 4.78 is 13.4. The zero-order valence-corrected chi connectivity index (χ0v) is 25.2. The number of carbonyl (C=O) groups excluding carboxylic acids is 3. The lowest BCUT2D eigenvalue weighted by molar-refractivity contribution is -0.111. The molecule has 2 unspecified atom stereocenters. The van der Waals surface area contributed by atoms with E-state index in [1.54, 1.807) is 24.3 Å². The third-order valence-corrected chi connectivity index (χ3v) is 13.6. The lowest BCUT2D eigenvalue weighted by Crippen LogP contribution is -2.49. The van der Waals surface area contributed by atoms with Crippen molar-refractivity contribution in [2.24, 2.45) is 11.8 Å². The number of carbonyl (C=O) groups is 3. The number of imide groups is 1. The van der Waals surface area contributed by atoms with Crippen molar-refractivity contribution in [1.82, 2.24) is 4.90 Å². The number of amides is 2. The maximum atomic E-state index is 13.2. The number of benzene rings is 2. The fourth-order valence-electron chi connectivity index (χ4n) is 5.71. The highest BCUT2D eigenvalue weighted by Gasteiger charge is 2.46. The van der Waals surface area contributed by atoms with Gasteiger partial charge in [-0.3, -0.25) is 14.5 Å². The average molecular weight is 550 g/mol. The number of fused-ring (bicyclic) bond motifs is 1. The molecule has 6 nitrogen and oxygen atoms in total. The number of hydrogen-bond donors (Lipinski definition) is 0. The van der Waals surface area contributed by atoms with Crippen molar-refractivity contribution in [1.29, 1.82) is 0 Å². The second-order valence-corrected chi connectivity index (χ2v) is 17.4. The zero-order chi connectivity index (χ0) is 28.4. The first-order valence-electron chi connectivity index (χ1n) is 14.2. The van der Waals surface area contributed by atoms with Crippen molar-refractivity contribution in [2.45, 2.75) is 89.8 Å². The molecule has 0 radical (unpaired) electrons. The molecule has 2 amide bonds. The highest BCUT2D eigenvalue weighted by molar-refractivity contribution is 6.74. The monoisotopic (exact) mass is 549 g/mol. The minimum atomic E-state index is -2.23. The van der Waals surface area contributed by atoms with Crippen LogP contribution in [-0.2, 0) is 20.4 Å². The number of hydrogen-bond acceptors (Lipinski definition) is 5. The third kappa shape index (κ3) is 6.42. The molecule has 2 aromatic rings. The van der Waals surface area contributed by atoms with Crippen LogP contribution in [0.15, 0.2) is 54.6 Å². The molecule has 0 saturated carbocycles. The van der Waals surface area contributed by atoms with E-state index in [0.29, 0.717) is 24.0 Å². The minimum absolute atomic E-state index is 0.0341. The molecular formula is C32H43NO5Si. The van der Waals surface area contributed by atoms with Crippen molar-refractivity contribution in [3.8, 4) is 0 Å². The minimum Gasteiger partial charge on any atom is -0.412 e. The Kier molecular flexibility index (Phi) is 8.94. The fraction of sp³-hybridized carbons (Fsp3) is 0.531. The fourth-order valence-corrected chi connectivity index (χ4v) is 7.06. The van der Waals surface area contributed by atoms with E-state index in [4.69, 9.17) is 9.16 Å². The lowest BCUT2D eigenvalue weighted by Gasteiger charge is -2.40. The van der Waals surface area contributed by atoms with Crippen molar-refractivity contribution >= 4 is 26.4 Å². The quantitative estimate of drug-likeness (QED) is 0.187. The van der Waals surface area contributed by atoms with Gasteiger partial charge >= 0.3 is 0 Å². The molecule has 39 heavy (non-hydrogen) atoms. The second-order valence-electron chi connectivity index (χ2n) is 12.7. The highest BCUT2D eigenvalue weighted by Crippen LogP contribution is 2.42. The Bertz CT molecular complexity index is 1140. The summed E-state index contributed by atoms with van der Waals surface area (Å²) in [6.07, 6.45) is 3.14. The van der Waals surface area contributed by atoms with Crippen molar-refractivity contribution in [3.05, 3.63) is 71.3 Å². The molecule has 1 saturated heterocycles. The summed E-state index contributed by atoms with van der Waals surface area (Å²) in [6, 6.07) is 17.4. The first-order chi connectivity index (χ1) is 18.4. The van der Waals surface area contributed by atoms with E-state index >= 15 is 0 Å².